The van der Waals surface area contributed by atoms with Gasteiger partial charge in [0.2, 0.25) is 5.91 Å². The maximum Gasteiger partial charge on any atom is 0.325 e. The number of hydrogen-bond donors (Lipinski definition) is 2. The molecule has 6 nitrogen and oxygen atoms in total. The zero-order valence-electron chi connectivity index (χ0n) is 15.6. The van der Waals surface area contributed by atoms with Gasteiger partial charge in [-0.2, -0.15) is 0 Å². The minimum Gasteiger partial charge on any atom is -0.324 e. The molecule has 1 aliphatic heterocycles. The number of halogens is 2. The van der Waals surface area contributed by atoms with Crippen molar-refractivity contribution in [2.75, 3.05) is 11.9 Å². The van der Waals surface area contributed by atoms with Gasteiger partial charge < -0.3 is 10.6 Å². The number of carbonyl (C=O) groups excluding carboxylic acids is 3. The second-order valence-corrected chi connectivity index (χ2v) is 6.94. The van der Waals surface area contributed by atoms with Crippen LogP contribution in [0.1, 0.15) is 23.6 Å². The molecular formula is C20H19F2N3O3. The summed E-state index contributed by atoms with van der Waals surface area (Å²) in [6.07, 6.45) is 0. The van der Waals surface area contributed by atoms with E-state index in [9.17, 15) is 23.2 Å². The lowest BCUT2D eigenvalue weighted by molar-refractivity contribution is -0.133. The van der Waals surface area contributed by atoms with Crippen LogP contribution in [0, 0.1) is 25.5 Å². The summed E-state index contributed by atoms with van der Waals surface area (Å²) >= 11 is 0. The Morgan fingerprint density at radius 3 is 2.54 bits per heavy atom. The van der Waals surface area contributed by atoms with Crippen molar-refractivity contribution in [3.8, 4) is 0 Å². The average Bonchev–Trinajstić information content (AvgIpc) is 2.83. The Bertz CT molecular complexity index is 993. The molecule has 2 aromatic carbocycles. The Hall–Kier alpha value is -3.29. The predicted molar refractivity (Wildman–Crippen MR) is 98.5 cm³/mol. The van der Waals surface area contributed by atoms with Crippen molar-refractivity contribution < 1.29 is 23.2 Å². The Balaban J connectivity index is 1.80. The van der Waals surface area contributed by atoms with Gasteiger partial charge >= 0.3 is 6.03 Å². The molecular weight excluding hydrogens is 368 g/mol. The summed E-state index contributed by atoms with van der Waals surface area (Å²) in [5.41, 5.74) is 0.308. The first-order valence-electron chi connectivity index (χ1n) is 8.58. The summed E-state index contributed by atoms with van der Waals surface area (Å²) in [7, 11) is 0. The van der Waals surface area contributed by atoms with E-state index in [-0.39, 0.29) is 5.56 Å². The lowest BCUT2D eigenvalue weighted by atomic mass is 9.91. The SMILES string of the molecule is Cc1ccc(NC(=O)CN2C(=O)N[C@](C)(c3cc(F)ccc3F)C2=O)c(C)c1. The molecule has 0 unspecified atom stereocenters. The fourth-order valence-electron chi connectivity index (χ4n) is 3.19. The maximum absolute atomic E-state index is 14.2. The lowest BCUT2D eigenvalue weighted by Crippen LogP contribution is -2.42. The molecule has 0 radical (unpaired) electrons. The number of carbonyl (C=O) groups is 3. The lowest BCUT2D eigenvalue weighted by Gasteiger charge is -2.22. The van der Waals surface area contributed by atoms with Crippen LogP contribution in [0.2, 0.25) is 0 Å². The van der Waals surface area contributed by atoms with Crippen LogP contribution in [0.3, 0.4) is 0 Å². The Morgan fingerprint density at radius 1 is 1.14 bits per heavy atom. The third kappa shape index (κ3) is 3.45. The van der Waals surface area contributed by atoms with Gasteiger partial charge in [0.25, 0.3) is 5.91 Å². The normalized spacial score (nSPS) is 19.0. The first-order valence-corrected chi connectivity index (χ1v) is 8.58. The minimum absolute atomic E-state index is 0.303. The number of anilines is 1. The molecule has 0 aliphatic carbocycles. The van der Waals surface area contributed by atoms with Crippen LogP contribution in [-0.2, 0) is 15.1 Å². The number of nitrogens with zero attached hydrogens (tertiary/aromatic N) is 1. The Labute approximate surface area is 160 Å². The third-order valence-corrected chi connectivity index (χ3v) is 4.70. The fourth-order valence-corrected chi connectivity index (χ4v) is 3.19. The molecule has 2 N–H and O–H groups in total. The van der Waals surface area contributed by atoms with E-state index in [4.69, 9.17) is 0 Å². The number of urea groups is 1. The summed E-state index contributed by atoms with van der Waals surface area (Å²) in [5, 5.41) is 5.00. The number of nitrogens with one attached hydrogen (secondary N) is 2. The molecule has 0 aromatic heterocycles. The van der Waals surface area contributed by atoms with E-state index in [1.807, 2.05) is 26.0 Å². The predicted octanol–water partition coefficient (Wildman–Crippen LogP) is 2.99. The van der Waals surface area contributed by atoms with Crippen LogP contribution < -0.4 is 10.6 Å². The van der Waals surface area contributed by atoms with Gasteiger partial charge in [-0.05, 0) is 50.6 Å². The van der Waals surface area contributed by atoms with Gasteiger partial charge in [0.05, 0.1) is 0 Å². The van der Waals surface area contributed by atoms with Crippen molar-refractivity contribution in [2.45, 2.75) is 26.3 Å². The molecule has 146 valence electrons. The van der Waals surface area contributed by atoms with Crippen LogP contribution in [0.15, 0.2) is 36.4 Å². The molecule has 3 rings (SSSR count). The van der Waals surface area contributed by atoms with Crippen molar-refractivity contribution in [1.29, 1.82) is 0 Å². The van der Waals surface area contributed by atoms with Crippen molar-refractivity contribution in [2.24, 2.45) is 0 Å². The molecule has 28 heavy (non-hydrogen) atoms. The fraction of sp³-hybridized carbons (Fsp3) is 0.250. The first kappa shape index (κ1) is 19.5. The van der Waals surface area contributed by atoms with E-state index in [0.717, 1.165) is 29.3 Å². The van der Waals surface area contributed by atoms with Gasteiger partial charge in [-0.1, -0.05) is 17.7 Å². The summed E-state index contributed by atoms with van der Waals surface area (Å²) in [5.74, 6) is -3.00. The number of amides is 4. The van der Waals surface area contributed by atoms with Gasteiger partial charge in [0.15, 0.2) is 0 Å². The third-order valence-electron chi connectivity index (χ3n) is 4.70. The molecule has 0 bridgehead atoms. The molecule has 0 spiro atoms. The quantitative estimate of drug-likeness (QED) is 0.792. The van der Waals surface area contributed by atoms with Crippen LogP contribution in [0.4, 0.5) is 19.3 Å². The van der Waals surface area contributed by atoms with Gasteiger partial charge in [-0.15, -0.1) is 0 Å². The molecule has 0 saturated carbocycles. The Kier molecular flexibility index (Phi) is 4.89. The van der Waals surface area contributed by atoms with Crippen molar-refractivity contribution in [1.82, 2.24) is 10.2 Å². The number of aryl methyl sites for hydroxylation is 2. The number of rotatable bonds is 4. The van der Waals surface area contributed by atoms with Crippen molar-refractivity contribution >= 4 is 23.5 Å². The highest BCUT2D eigenvalue weighted by Gasteiger charge is 2.50. The zero-order valence-corrected chi connectivity index (χ0v) is 15.6. The van der Waals surface area contributed by atoms with E-state index in [2.05, 4.69) is 10.6 Å². The highest BCUT2D eigenvalue weighted by molar-refractivity contribution is 6.10. The van der Waals surface area contributed by atoms with Gasteiger partial charge in [0, 0.05) is 11.3 Å². The van der Waals surface area contributed by atoms with E-state index < -0.39 is 41.6 Å². The van der Waals surface area contributed by atoms with E-state index in [0.29, 0.717) is 10.6 Å². The van der Waals surface area contributed by atoms with E-state index in [1.54, 1.807) is 6.07 Å². The highest BCUT2D eigenvalue weighted by Crippen LogP contribution is 2.31. The average molecular weight is 387 g/mol. The topological polar surface area (TPSA) is 78.5 Å². The summed E-state index contributed by atoms with van der Waals surface area (Å²) in [6, 6.07) is 7.22. The van der Waals surface area contributed by atoms with Crippen molar-refractivity contribution in [3.63, 3.8) is 0 Å². The minimum atomic E-state index is -1.80. The van der Waals surface area contributed by atoms with Gasteiger partial charge in [0.1, 0.15) is 23.7 Å². The number of imide groups is 1. The summed E-state index contributed by atoms with van der Waals surface area (Å²) in [4.78, 5) is 38.1. The first-order chi connectivity index (χ1) is 13.1. The summed E-state index contributed by atoms with van der Waals surface area (Å²) < 4.78 is 27.7. The maximum atomic E-state index is 14.2. The highest BCUT2D eigenvalue weighted by atomic mass is 19.1. The molecule has 2 aromatic rings. The molecule has 4 amide bonds. The molecule has 1 fully saturated rings. The van der Waals surface area contributed by atoms with Crippen LogP contribution in [0.25, 0.3) is 0 Å². The van der Waals surface area contributed by atoms with Crippen LogP contribution in [0.5, 0.6) is 0 Å². The second-order valence-electron chi connectivity index (χ2n) is 6.94. The monoisotopic (exact) mass is 387 g/mol. The van der Waals surface area contributed by atoms with Gasteiger partial charge in [-0.3, -0.25) is 14.5 Å². The number of benzene rings is 2. The van der Waals surface area contributed by atoms with Crippen molar-refractivity contribution in [3.05, 3.63) is 64.7 Å². The molecule has 1 saturated heterocycles. The second kappa shape index (κ2) is 7.03. The van der Waals surface area contributed by atoms with Crippen LogP contribution >= 0.6 is 0 Å². The Morgan fingerprint density at radius 2 is 1.86 bits per heavy atom. The molecule has 1 atom stereocenters. The zero-order chi connectivity index (χ0) is 20.6. The molecule has 1 aliphatic rings. The largest absolute Gasteiger partial charge is 0.325 e. The molecule has 8 heteroatoms. The summed E-state index contributed by atoms with van der Waals surface area (Å²) in [6.45, 7) is 4.45. The standard InChI is InChI=1S/C20H19F2N3O3/c1-11-4-7-16(12(2)8-11)23-17(26)10-25-18(27)20(3,24-19(25)28)14-9-13(21)5-6-15(14)22/h4-9H,10H2,1-3H3,(H,23,26)(H,24,28)/t20-/m1/s1. The smallest absolute Gasteiger partial charge is 0.324 e. The van der Waals surface area contributed by atoms with Gasteiger partial charge in [-0.25, -0.2) is 13.6 Å². The van der Waals surface area contributed by atoms with Crippen LogP contribution in [-0.4, -0.2) is 29.3 Å². The molecule has 1 heterocycles. The van der Waals surface area contributed by atoms with E-state index in [1.165, 1.54) is 6.92 Å². The number of hydrogen-bond acceptors (Lipinski definition) is 3. The van der Waals surface area contributed by atoms with E-state index >= 15 is 0 Å².